The molecule has 1 unspecified atom stereocenters. The molecule has 0 aromatic heterocycles. The zero-order valence-corrected chi connectivity index (χ0v) is 20.2. The van der Waals surface area contributed by atoms with Gasteiger partial charge in [0.2, 0.25) is 0 Å². The second-order valence-corrected chi connectivity index (χ2v) is 9.63. The van der Waals surface area contributed by atoms with Crippen molar-refractivity contribution in [3.63, 3.8) is 0 Å². The van der Waals surface area contributed by atoms with Crippen LogP contribution in [0.15, 0.2) is 23.9 Å². The number of carbonyl (C=O) groups is 3. The van der Waals surface area contributed by atoms with Crippen molar-refractivity contribution in [1.29, 1.82) is 0 Å². The summed E-state index contributed by atoms with van der Waals surface area (Å²) in [7, 11) is 0. The molecular formula is C26H35N3O4. The van der Waals surface area contributed by atoms with Gasteiger partial charge in [0.15, 0.2) is 0 Å². The van der Waals surface area contributed by atoms with E-state index in [1.165, 1.54) is 4.90 Å². The number of hydrogen-bond donors (Lipinski definition) is 0. The summed E-state index contributed by atoms with van der Waals surface area (Å²) in [4.78, 5) is 45.0. The molecule has 3 aliphatic rings. The lowest BCUT2D eigenvalue weighted by Crippen LogP contribution is -2.50. The van der Waals surface area contributed by atoms with Crippen molar-refractivity contribution in [3.05, 3.63) is 40.6 Å². The normalized spacial score (nSPS) is 22.4. The molecule has 7 nitrogen and oxygen atoms in total. The number of piperidine rings is 2. The van der Waals surface area contributed by atoms with Gasteiger partial charge in [0.05, 0.1) is 12.2 Å². The average molecular weight is 454 g/mol. The average Bonchev–Trinajstić information content (AvgIpc) is 3.04. The van der Waals surface area contributed by atoms with E-state index in [-0.39, 0.29) is 23.9 Å². The van der Waals surface area contributed by atoms with Gasteiger partial charge in [-0.15, -0.1) is 0 Å². The number of benzene rings is 1. The quantitative estimate of drug-likeness (QED) is 0.650. The smallest absolute Gasteiger partial charge is 0.409 e. The summed E-state index contributed by atoms with van der Waals surface area (Å²) in [5.41, 5.74) is 4.09. The fourth-order valence-electron chi connectivity index (χ4n) is 5.41. The van der Waals surface area contributed by atoms with Crippen molar-refractivity contribution in [1.82, 2.24) is 14.7 Å². The first kappa shape index (κ1) is 23.3. The van der Waals surface area contributed by atoms with Crippen LogP contribution in [-0.4, -0.2) is 71.4 Å². The summed E-state index contributed by atoms with van der Waals surface area (Å²) < 4.78 is 5.11. The van der Waals surface area contributed by atoms with E-state index in [4.69, 9.17) is 4.74 Å². The number of aryl methyl sites for hydroxylation is 2. The monoisotopic (exact) mass is 453 g/mol. The molecule has 3 aliphatic heterocycles. The van der Waals surface area contributed by atoms with E-state index in [9.17, 15) is 14.4 Å². The van der Waals surface area contributed by atoms with Crippen molar-refractivity contribution in [2.45, 2.75) is 59.4 Å². The first-order valence-electron chi connectivity index (χ1n) is 12.2. The van der Waals surface area contributed by atoms with E-state index in [1.54, 1.807) is 11.8 Å². The van der Waals surface area contributed by atoms with Crippen molar-refractivity contribution in [3.8, 4) is 0 Å². The molecule has 2 fully saturated rings. The maximum atomic E-state index is 13.8. The molecule has 33 heavy (non-hydrogen) atoms. The molecule has 1 atom stereocenters. The van der Waals surface area contributed by atoms with Gasteiger partial charge in [0.1, 0.15) is 5.70 Å². The highest BCUT2D eigenvalue weighted by molar-refractivity contribution is 6.36. The fourth-order valence-corrected chi connectivity index (χ4v) is 5.41. The van der Waals surface area contributed by atoms with Gasteiger partial charge in [0, 0.05) is 32.2 Å². The van der Waals surface area contributed by atoms with Crippen LogP contribution >= 0.6 is 0 Å². The minimum Gasteiger partial charge on any atom is -0.450 e. The SMILES string of the molecule is CCOC(=O)N1CCC(N2C(=O)C(c3ccc(C)cc3C)=C(N3CCCC(C)C3)C2=O)CC1. The second-order valence-electron chi connectivity index (χ2n) is 9.63. The minimum atomic E-state index is -0.327. The predicted octanol–water partition coefficient (Wildman–Crippen LogP) is 3.74. The number of hydrogen-bond acceptors (Lipinski definition) is 5. The van der Waals surface area contributed by atoms with Crippen LogP contribution in [0.25, 0.3) is 5.57 Å². The zero-order valence-electron chi connectivity index (χ0n) is 20.2. The molecule has 7 heteroatoms. The van der Waals surface area contributed by atoms with E-state index in [2.05, 4.69) is 17.9 Å². The highest BCUT2D eigenvalue weighted by atomic mass is 16.6. The third kappa shape index (κ3) is 4.50. The number of rotatable bonds is 4. The van der Waals surface area contributed by atoms with Crippen LogP contribution in [0.2, 0.25) is 0 Å². The van der Waals surface area contributed by atoms with Crippen molar-refractivity contribution >= 4 is 23.5 Å². The molecule has 0 aliphatic carbocycles. The van der Waals surface area contributed by atoms with Crippen LogP contribution in [0.5, 0.6) is 0 Å². The summed E-state index contributed by atoms with van der Waals surface area (Å²) >= 11 is 0. The number of carbonyl (C=O) groups excluding carboxylic acids is 3. The highest BCUT2D eigenvalue weighted by Crippen LogP contribution is 2.37. The summed E-state index contributed by atoms with van der Waals surface area (Å²) in [6, 6.07) is 5.84. The topological polar surface area (TPSA) is 70.2 Å². The van der Waals surface area contributed by atoms with Gasteiger partial charge < -0.3 is 14.5 Å². The molecule has 0 saturated carbocycles. The molecule has 2 saturated heterocycles. The van der Waals surface area contributed by atoms with Gasteiger partial charge in [-0.2, -0.15) is 0 Å². The van der Waals surface area contributed by atoms with Crippen LogP contribution in [0, 0.1) is 19.8 Å². The second kappa shape index (κ2) is 9.57. The number of imide groups is 1. The largest absolute Gasteiger partial charge is 0.450 e. The Kier molecular flexibility index (Phi) is 6.77. The summed E-state index contributed by atoms with van der Waals surface area (Å²) in [5, 5.41) is 0. The highest BCUT2D eigenvalue weighted by Gasteiger charge is 2.46. The maximum Gasteiger partial charge on any atom is 0.409 e. The fraction of sp³-hybridized carbons (Fsp3) is 0.577. The zero-order chi connectivity index (χ0) is 23.7. The lowest BCUT2D eigenvalue weighted by Gasteiger charge is -2.36. The molecule has 0 radical (unpaired) electrons. The van der Waals surface area contributed by atoms with Crippen molar-refractivity contribution in [2.75, 3.05) is 32.8 Å². The van der Waals surface area contributed by atoms with Gasteiger partial charge in [-0.1, -0.05) is 30.7 Å². The Bertz CT molecular complexity index is 978. The Hall–Kier alpha value is -2.83. The van der Waals surface area contributed by atoms with Crippen LogP contribution in [0.3, 0.4) is 0 Å². The molecule has 1 aromatic rings. The Morgan fingerprint density at radius 1 is 1.06 bits per heavy atom. The molecule has 3 heterocycles. The first-order chi connectivity index (χ1) is 15.8. The molecule has 4 rings (SSSR count). The van der Waals surface area contributed by atoms with Gasteiger partial charge >= 0.3 is 6.09 Å². The van der Waals surface area contributed by atoms with E-state index < -0.39 is 0 Å². The van der Waals surface area contributed by atoms with Gasteiger partial charge in [0.25, 0.3) is 11.8 Å². The third-order valence-corrected chi connectivity index (χ3v) is 7.07. The molecule has 1 aromatic carbocycles. The molecular weight excluding hydrogens is 418 g/mol. The van der Waals surface area contributed by atoms with Crippen LogP contribution in [0.1, 0.15) is 56.2 Å². The van der Waals surface area contributed by atoms with E-state index in [0.717, 1.165) is 42.6 Å². The number of nitrogens with zero attached hydrogens (tertiary/aromatic N) is 3. The molecule has 3 amide bonds. The Labute approximate surface area is 196 Å². The Morgan fingerprint density at radius 2 is 1.79 bits per heavy atom. The van der Waals surface area contributed by atoms with Crippen LogP contribution in [-0.2, 0) is 14.3 Å². The van der Waals surface area contributed by atoms with Crippen molar-refractivity contribution in [2.24, 2.45) is 5.92 Å². The van der Waals surface area contributed by atoms with Crippen molar-refractivity contribution < 1.29 is 19.1 Å². The molecule has 0 bridgehead atoms. The van der Waals surface area contributed by atoms with E-state index in [0.29, 0.717) is 49.7 Å². The summed E-state index contributed by atoms with van der Waals surface area (Å²) in [6.07, 6.45) is 2.97. The van der Waals surface area contributed by atoms with Crippen LogP contribution in [0.4, 0.5) is 4.79 Å². The van der Waals surface area contributed by atoms with Gasteiger partial charge in [-0.05, 0) is 63.5 Å². The Balaban J connectivity index is 1.65. The third-order valence-electron chi connectivity index (χ3n) is 7.07. The lowest BCUT2D eigenvalue weighted by atomic mass is 9.95. The van der Waals surface area contributed by atoms with Gasteiger partial charge in [-0.25, -0.2) is 4.79 Å². The number of amides is 3. The van der Waals surface area contributed by atoms with E-state index >= 15 is 0 Å². The van der Waals surface area contributed by atoms with E-state index in [1.807, 2.05) is 26.0 Å². The standard InChI is InChI=1S/C26H35N3O4/c1-5-33-26(32)27-13-10-20(11-14-27)29-24(30)22(21-9-8-17(2)15-19(21)4)23(25(29)31)28-12-6-7-18(3)16-28/h8-9,15,18,20H,5-7,10-14,16H2,1-4H3. The molecule has 178 valence electrons. The molecule has 0 N–H and O–H groups in total. The predicted molar refractivity (Wildman–Crippen MR) is 126 cm³/mol. The first-order valence-corrected chi connectivity index (χ1v) is 12.2. The number of likely N-dealkylation sites (tertiary alicyclic amines) is 2. The van der Waals surface area contributed by atoms with Gasteiger partial charge in [-0.3, -0.25) is 14.5 Å². The van der Waals surface area contributed by atoms with Crippen LogP contribution < -0.4 is 0 Å². The molecule has 0 spiro atoms. The lowest BCUT2D eigenvalue weighted by molar-refractivity contribution is -0.141. The summed E-state index contributed by atoms with van der Waals surface area (Å²) in [6.45, 7) is 10.9. The minimum absolute atomic E-state index is 0.182. The summed E-state index contributed by atoms with van der Waals surface area (Å²) in [5.74, 6) is 0.102. The Morgan fingerprint density at radius 3 is 2.42 bits per heavy atom. The number of ether oxygens (including phenoxy) is 1. The maximum absolute atomic E-state index is 13.8.